The lowest BCUT2D eigenvalue weighted by Crippen LogP contribution is -2.52. The van der Waals surface area contributed by atoms with Gasteiger partial charge in [-0.25, -0.2) is 4.89 Å². The van der Waals surface area contributed by atoms with Crippen LogP contribution in [0.4, 0.5) is 0 Å². The van der Waals surface area contributed by atoms with Crippen molar-refractivity contribution in [1.82, 2.24) is 0 Å². The van der Waals surface area contributed by atoms with Crippen LogP contribution in [0, 0.1) is 29.6 Å². The highest BCUT2D eigenvalue weighted by atomic mass is 17.1. The van der Waals surface area contributed by atoms with Gasteiger partial charge in [-0.2, -0.15) is 0 Å². The largest absolute Gasteiger partial charge is 0.462 e. The third-order valence-electron chi connectivity index (χ3n) is 7.88. The molecule has 28 heavy (non-hydrogen) atoms. The number of hydrogen-bond donors (Lipinski definition) is 1. The predicted molar refractivity (Wildman–Crippen MR) is 102 cm³/mol. The quantitative estimate of drug-likeness (QED) is 0.334. The minimum Gasteiger partial charge on any atom is -0.462 e. The molecule has 3 heterocycles. The molecule has 0 aromatic rings. The van der Waals surface area contributed by atoms with Crippen molar-refractivity contribution in [3.05, 3.63) is 12.2 Å². The van der Waals surface area contributed by atoms with Gasteiger partial charge in [0.1, 0.15) is 12.2 Å². The first-order valence-electron chi connectivity index (χ1n) is 10.7. The number of ether oxygens (including phenoxy) is 3. The fourth-order valence-corrected chi connectivity index (χ4v) is 6.47. The second-order valence-corrected chi connectivity index (χ2v) is 9.80. The fourth-order valence-electron chi connectivity index (χ4n) is 6.47. The van der Waals surface area contributed by atoms with Crippen molar-refractivity contribution < 1.29 is 29.1 Å². The lowest BCUT2D eigenvalue weighted by Gasteiger charge is -2.46. The molecule has 6 heteroatoms. The molecule has 10 atom stereocenters. The molecule has 1 saturated carbocycles. The number of rotatable bonds is 2. The summed E-state index contributed by atoms with van der Waals surface area (Å²) >= 11 is 0. The zero-order chi connectivity index (χ0) is 20.2. The van der Waals surface area contributed by atoms with Gasteiger partial charge in [0.2, 0.25) is 0 Å². The van der Waals surface area contributed by atoms with Crippen LogP contribution in [0.15, 0.2) is 12.2 Å². The first-order chi connectivity index (χ1) is 13.2. The molecule has 3 aliphatic heterocycles. The van der Waals surface area contributed by atoms with Crippen LogP contribution in [0.5, 0.6) is 0 Å². The third kappa shape index (κ3) is 3.22. The molecular weight excluding hydrogens is 360 g/mol. The maximum Gasteiger partial charge on any atom is 0.302 e. The van der Waals surface area contributed by atoms with Crippen molar-refractivity contribution >= 4 is 5.97 Å². The Balaban J connectivity index is 1.78. The van der Waals surface area contributed by atoms with Crippen LogP contribution < -0.4 is 0 Å². The van der Waals surface area contributed by atoms with Crippen LogP contribution >= 0.6 is 0 Å². The Bertz CT molecular complexity index is 635. The summed E-state index contributed by atoms with van der Waals surface area (Å²) in [5, 5.41) is 9.42. The molecule has 0 amide bonds. The fraction of sp³-hybridized carbons (Fsp3) is 0.864. The summed E-state index contributed by atoms with van der Waals surface area (Å²) in [6.07, 6.45) is 2.26. The van der Waals surface area contributed by atoms with Crippen molar-refractivity contribution in [2.45, 2.75) is 83.4 Å². The maximum absolute atomic E-state index is 11.9. The SMILES string of the molecule is C=C1C[C@@H]2O[C@H]3[C@H]4C(C[C@@H](C)[C@@H](OC(C)=O)[C@H]42)[C@@H](C)CO[C@@]3(C)CC[C@H]1OO. The molecule has 0 radical (unpaired) electrons. The molecule has 4 rings (SSSR count). The van der Waals surface area contributed by atoms with E-state index in [9.17, 15) is 10.1 Å². The number of fused-ring (bicyclic) bond motifs is 2. The van der Waals surface area contributed by atoms with Crippen molar-refractivity contribution in [3.63, 3.8) is 0 Å². The zero-order valence-corrected chi connectivity index (χ0v) is 17.4. The molecule has 6 nitrogen and oxygen atoms in total. The molecule has 2 bridgehead atoms. The van der Waals surface area contributed by atoms with Gasteiger partial charge in [-0.05, 0) is 61.9 Å². The molecule has 1 N–H and O–H groups in total. The number of carbonyl (C=O) groups excluding carboxylic acids is 1. The van der Waals surface area contributed by atoms with Gasteiger partial charge < -0.3 is 14.2 Å². The average Bonchev–Trinajstić information content (AvgIpc) is 2.99. The van der Waals surface area contributed by atoms with Crippen LogP contribution in [0.3, 0.4) is 0 Å². The second kappa shape index (κ2) is 7.38. The van der Waals surface area contributed by atoms with Crippen molar-refractivity contribution in [2.24, 2.45) is 29.6 Å². The molecule has 1 aliphatic carbocycles. The number of hydrogen-bond acceptors (Lipinski definition) is 6. The van der Waals surface area contributed by atoms with Crippen molar-refractivity contribution in [2.75, 3.05) is 6.61 Å². The van der Waals surface area contributed by atoms with Crippen molar-refractivity contribution in [3.8, 4) is 0 Å². The second-order valence-electron chi connectivity index (χ2n) is 9.80. The highest BCUT2D eigenvalue weighted by Gasteiger charge is 2.63. The lowest BCUT2D eigenvalue weighted by molar-refractivity contribution is -0.272. The average molecular weight is 395 g/mol. The van der Waals surface area contributed by atoms with Gasteiger partial charge in [0.25, 0.3) is 0 Å². The van der Waals surface area contributed by atoms with Gasteiger partial charge in [0.05, 0.1) is 24.4 Å². The van der Waals surface area contributed by atoms with Gasteiger partial charge in [-0.1, -0.05) is 20.4 Å². The smallest absolute Gasteiger partial charge is 0.302 e. The standard InChI is InChI=1S/C22H34O6/c1-11-9-17-19-18-15(8-12(2)20(19)26-14(4)23)13(3)10-25-22(5,21(18)27-17)7-6-16(11)28-24/h12-13,15-21,24H,1,6-10H2,2-5H3/t12-,13+,15?,16-,17+,18+,19+,20-,21+,22+/m1/s1. The van der Waals surface area contributed by atoms with E-state index in [1.807, 2.05) is 0 Å². The van der Waals surface area contributed by atoms with Crippen LogP contribution in [-0.2, 0) is 23.9 Å². The Hall–Kier alpha value is -0.950. The topological polar surface area (TPSA) is 74.2 Å². The number of esters is 1. The van der Waals surface area contributed by atoms with Gasteiger partial charge in [0, 0.05) is 12.8 Å². The van der Waals surface area contributed by atoms with Gasteiger partial charge in [-0.15, -0.1) is 0 Å². The maximum atomic E-state index is 11.9. The van der Waals surface area contributed by atoms with Crippen LogP contribution in [0.25, 0.3) is 0 Å². The molecule has 0 aromatic carbocycles. The van der Waals surface area contributed by atoms with Gasteiger partial charge in [0.15, 0.2) is 0 Å². The Morgan fingerprint density at radius 1 is 1.29 bits per heavy atom. The Labute approximate surface area is 167 Å². The monoisotopic (exact) mass is 394 g/mol. The van der Waals surface area contributed by atoms with Crippen LogP contribution in [0.1, 0.15) is 53.4 Å². The van der Waals surface area contributed by atoms with E-state index in [0.717, 1.165) is 18.4 Å². The van der Waals surface area contributed by atoms with Gasteiger partial charge >= 0.3 is 5.97 Å². The zero-order valence-electron chi connectivity index (χ0n) is 17.4. The van der Waals surface area contributed by atoms with Crippen LogP contribution in [0.2, 0.25) is 0 Å². The van der Waals surface area contributed by atoms with Crippen LogP contribution in [-0.4, -0.2) is 47.9 Å². The first kappa shape index (κ1) is 20.3. The summed E-state index contributed by atoms with van der Waals surface area (Å²) in [6.45, 7) is 13.0. The molecule has 158 valence electrons. The van der Waals surface area contributed by atoms with E-state index < -0.39 is 11.7 Å². The molecule has 0 spiro atoms. The summed E-state index contributed by atoms with van der Waals surface area (Å²) in [5.41, 5.74) is 0.378. The van der Waals surface area contributed by atoms with E-state index in [-0.39, 0.29) is 36.1 Å². The molecule has 4 fully saturated rings. The summed E-state index contributed by atoms with van der Waals surface area (Å²) in [5.74, 6) is 1.36. The normalized spacial score (nSPS) is 50.9. The molecule has 0 aromatic heterocycles. The van der Waals surface area contributed by atoms with Gasteiger partial charge in [-0.3, -0.25) is 10.1 Å². The van der Waals surface area contributed by atoms with E-state index in [1.165, 1.54) is 6.92 Å². The number of carbonyl (C=O) groups is 1. The summed E-state index contributed by atoms with van der Waals surface area (Å²) < 4.78 is 19.1. The first-order valence-corrected chi connectivity index (χ1v) is 10.7. The Morgan fingerprint density at radius 2 is 2.04 bits per heavy atom. The predicted octanol–water partition coefficient (Wildman–Crippen LogP) is 3.60. The summed E-state index contributed by atoms with van der Waals surface area (Å²) in [4.78, 5) is 16.6. The summed E-state index contributed by atoms with van der Waals surface area (Å²) in [7, 11) is 0. The highest BCUT2D eigenvalue weighted by Crippen LogP contribution is 2.57. The molecular formula is C22H34O6. The van der Waals surface area contributed by atoms with E-state index in [2.05, 4.69) is 27.4 Å². The van der Waals surface area contributed by atoms with Crippen molar-refractivity contribution in [1.29, 1.82) is 0 Å². The Morgan fingerprint density at radius 3 is 2.71 bits per heavy atom. The van der Waals surface area contributed by atoms with E-state index in [1.54, 1.807) is 0 Å². The minimum atomic E-state index is -0.455. The molecule has 3 saturated heterocycles. The van der Waals surface area contributed by atoms with E-state index in [0.29, 0.717) is 37.2 Å². The van der Waals surface area contributed by atoms with E-state index >= 15 is 0 Å². The highest BCUT2D eigenvalue weighted by molar-refractivity contribution is 5.66. The third-order valence-corrected chi connectivity index (χ3v) is 7.88. The summed E-state index contributed by atoms with van der Waals surface area (Å²) in [6, 6.07) is 0. The molecule has 1 unspecified atom stereocenters. The minimum absolute atomic E-state index is 0.0479. The van der Waals surface area contributed by atoms with E-state index in [4.69, 9.17) is 19.1 Å². The molecule has 4 aliphatic rings. The Kier molecular flexibility index (Phi) is 5.36. The lowest BCUT2D eigenvalue weighted by atomic mass is 9.59.